The van der Waals surface area contributed by atoms with Crippen molar-refractivity contribution in [3.05, 3.63) is 28.8 Å². The molecule has 5 nitrogen and oxygen atoms in total. The lowest BCUT2D eigenvalue weighted by Gasteiger charge is -2.21. The van der Waals surface area contributed by atoms with Crippen LogP contribution >= 0.6 is 11.6 Å². The van der Waals surface area contributed by atoms with Gasteiger partial charge in [-0.25, -0.2) is 0 Å². The molecular formula is C14H13ClN2O3. The summed E-state index contributed by atoms with van der Waals surface area (Å²) in [7, 11) is 0. The lowest BCUT2D eigenvalue weighted by atomic mass is 10.1. The molecule has 1 fully saturated rings. The molecule has 1 saturated heterocycles. The minimum absolute atomic E-state index is 0.0993. The Hall–Kier alpha value is -1.88. The molecule has 6 heteroatoms. The van der Waals surface area contributed by atoms with Gasteiger partial charge in [-0.05, 0) is 25.0 Å². The molecule has 2 amide bonds. The van der Waals surface area contributed by atoms with Gasteiger partial charge >= 0.3 is 0 Å². The van der Waals surface area contributed by atoms with Crippen molar-refractivity contribution in [3.63, 3.8) is 0 Å². The van der Waals surface area contributed by atoms with E-state index in [0.717, 1.165) is 25.9 Å². The lowest BCUT2D eigenvalue weighted by Crippen LogP contribution is -2.41. The molecule has 0 spiro atoms. The second-order valence-corrected chi connectivity index (χ2v) is 5.35. The highest BCUT2D eigenvalue weighted by molar-refractivity contribution is 6.55. The number of nitrogens with zero attached hydrogens (tertiary/aromatic N) is 2. The number of hydrogen-bond donors (Lipinski definition) is 0. The smallest absolute Gasteiger partial charge is 0.300 e. The van der Waals surface area contributed by atoms with Crippen LogP contribution in [0.25, 0.3) is 0 Å². The first-order valence-corrected chi connectivity index (χ1v) is 6.90. The van der Waals surface area contributed by atoms with Gasteiger partial charge in [0.1, 0.15) is 6.54 Å². The van der Waals surface area contributed by atoms with Gasteiger partial charge in [-0.1, -0.05) is 17.7 Å². The highest BCUT2D eigenvalue weighted by Crippen LogP contribution is 2.34. The third kappa shape index (κ3) is 1.98. The van der Waals surface area contributed by atoms with Gasteiger partial charge in [0.15, 0.2) is 0 Å². The fourth-order valence-electron chi connectivity index (χ4n) is 2.66. The third-order valence-electron chi connectivity index (χ3n) is 3.70. The number of halogens is 1. The lowest BCUT2D eigenvalue weighted by molar-refractivity contribution is -0.129. The van der Waals surface area contributed by atoms with Gasteiger partial charge in [-0.2, -0.15) is 0 Å². The van der Waals surface area contributed by atoms with E-state index in [0.29, 0.717) is 5.69 Å². The molecule has 0 atom stereocenters. The minimum atomic E-state index is -0.680. The first-order chi connectivity index (χ1) is 9.59. The van der Waals surface area contributed by atoms with Crippen molar-refractivity contribution in [2.24, 2.45) is 0 Å². The molecule has 0 unspecified atom stereocenters. The number of rotatable bonds is 2. The number of fused-ring (bicyclic) bond motifs is 1. The first-order valence-electron chi connectivity index (χ1n) is 6.52. The summed E-state index contributed by atoms with van der Waals surface area (Å²) in [4.78, 5) is 39.0. The molecule has 0 aliphatic carbocycles. The van der Waals surface area contributed by atoms with E-state index in [9.17, 15) is 14.4 Å². The summed E-state index contributed by atoms with van der Waals surface area (Å²) in [6.07, 6.45) is 1.97. The maximum Gasteiger partial charge on any atom is 0.300 e. The van der Waals surface area contributed by atoms with Crippen molar-refractivity contribution in [2.45, 2.75) is 12.8 Å². The predicted octanol–water partition coefficient (Wildman–Crippen LogP) is 1.49. The Morgan fingerprint density at radius 2 is 1.90 bits per heavy atom. The largest absolute Gasteiger partial charge is 0.341 e. The summed E-state index contributed by atoms with van der Waals surface area (Å²) in [5.74, 6) is -1.45. The summed E-state index contributed by atoms with van der Waals surface area (Å²) in [6.45, 7) is 1.34. The first kappa shape index (κ1) is 13.1. The maximum atomic E-state index is 12.1. The summed E-state index contributed by atoms with van der Waals surface area (Å²) in [5.41, 5.74) is 0.633. The van der Waals surface area contributed by atoms with Crippen LogP contribution in [0, 0.1) is 0 Å². The van der Waals surface area contributed by atoms with E-state index in [1.54, 1.807) is 23.1 Å². The Labute approximate surface area is 121 Å². The number of benzene rings is 1. The fourth-order valence-corrected chi connectivity index (χ4v) is 2.92. The second-order valence-electron chi connectivity index (χ2n) is 4.94. The molecule has 0 N–H and O–H groups in total. The van der Waals surface area contributed by atoms with Gasteiger partial charge in [-0.15, -0.1) is 0 Å². The molecule has 20 heavy (non-hydrogen) atoms. The number of hydrogen-bond acceptors (Lipinski definition) is 3. The molecule has 0 bridgehead atoms. The highest BCUT2D eigenvalue weighted by Gasteiger charge is 2.39. The number of Topliss-reactive ketones (excluding diaryl/α,β-unsaturated/α-hetero) is 1. The van der Waals surface area contributed by atoms with Gasteiger partial charge in [-0.3, -0.25) is 19.3 Å². The second kappa shape index (κ2) is 4.90. The Kier molecular flexibility index (Phi) is 3.22. The number of carbonyl (C=O) groups excluding carboxylic acids is 3. The van der Waals surface area contributed by atoms with Crippen LogP contribution in [0.15, 0.2) is 18.2 Å². The van der Waals surface area contributed by atoms with Crippen LogP contribution in [-0.4, -0.2) is 42.1 Å². The maximum absolute atomic E-state index is 12.1. The number of carbonyl (C=O) groups is 3. The molecular weight excluding hydrogens is 280 g/mol. The SMILES string of the molecule is O=C1C(=O)N(CC(=O)N2CCCC2)c2cccc(Cl)c21. The molecule has 0 aromatic heterocycles. The number of amides is 2. The van der Waals surface area contributed by atoms with Gasteiger partial charge in [0.2, 0.25) is 5.91 Å². The van der Waals surface area contributed by atoms with E-state index in [2.05, 4.69) is 0 Å². The van der Waals surface area contributed by atoms with Crippen molar-refractivity contribution in [1.29, 1.82) is 0 Å². The summed E-state index contributed by atoms with van der Waals surface area (Å²) < 4.78 is 0. The zero-order valence-electron chi connectivity index (χ0n) is 10.8. The van der Waals surface area contributed by atoms with Crippen LogP contribution in [0.5, 0.6) is 0 Å². The zero-order chi connectivity index (χ0) is 14.3. The van der Waals surface area contributed by atoms with Crippen molar-refractivity contribution in [1.82, 2.24) is 4.90 Å². The van der Waals surface area contributed by atoms with Crippen LogP contribution in [0.1, 0.15) is 23.2 Å². The number of likely N-dealkylation sites (tertiary alicyclic amines) is 1. The standard InChI is InChI=1S/C14H13ClN2O3/c15-9-4-3-5-10-12(9)13(19)14(20)17(10)8-11(18)16-6-1-2-7-16/h3-5H,1-2,6-8H2. The Morgan fingerprint density at radius 3 is 2.60 bits per heavy atom. The van der Waals surface area contributed by atoms with E-state index >= 15 is 0 Å². The summed E-state index contributed by atoms with van der Waals surface area (Å²) >= 11 is 5.96. The van der Waals surface area contributed by atoms with Crippen LogP contribution < -0.4 is 4.90 Å². The zero-order valence-corrected chi connectivity index (χ0v) is 11.5. The Balaban J connectivity index is 1.88. The van der Waals surface area contributed by atoms with Gasteiger partial charge in [0, 0.05) is 13.1 Å². The normalized spacial score (nSPS) is 17.9. The van der Waals surface area contributed by atoms with Gasteiger partial charge in [0.05, 0.1) is 16.3 Å². The molecule has 1 aromatic rings. The number of ketones is 1. The number of anilines is 1. The average Bonchev–Trinajstić information content (AvgIpc) is 3.03. The van der Waals surface area contributed by atoms with Crippen molar-refractivity contribution in [3.8, 4) is 0 Å². The van der Waals surface area contributed by atoms with Crippen LogP contribution in [0.3, 0.4) is 0 Å². The Bertz CT molecular complexity index is 608. The molecule has 2 aliphatic rings. The van der Waals surface area contributed by atoms with Gasteiger partial charge < -0.3 is 4.90 Å². The molecule has 0 saturated carbocycles. The molecule has 1 aromatic carbocycles. The highest BCUT2D eigenvalue weighted by atomic mass is 35.5. The molecule has 2 heterocycles. The molecule has 104 valence electrons. The van der Waals surface area contributed by atoms with Crippen molar-refractivity contribution in [2.75, 3.05) is 24.5 Å². The van der Waals surface area contributed by atoms with E-state index in [1.165, 1.54) is 4.90 Å². The van der Waals surface area contributed by atoms with E-state index in [1.807, 2.05) is 0 Å². The average molecular weight is 293 g/mol. The van der Waals surface area contributed by atoms with Gasteiger partial charge in [0.25, 0.3) is 11.7 Å². The third-order valence-corrected chi connectivity index (χ3v) is 4.02. The quantitative estimate of drug-likeness (QED) is 0.776. The van der Waals surface area contributed by atoms with Crippen LogP contribution in [-0.2, 0) is 9.59 Å². The van der Waals surface area contributed by atoms with Crippen molar-refractivity contribution >= 4 is 34.9 Å². The minimum Gasteiger partial charge on any atom is -0.341 e. The summed E-state index contributed by atoms with van der Waals surface area (Å²) in [6, 6.07) is 4.87. The topological polar surface area (TPSA) is 57.7 Å². The van der Waals surface area contributed by atoms with Crippen LogP contribution in [0.2, 0.25) is 5.02 Å². The van der Waals surface area contributed by atoms with E-state index in [4.69, 9.17) is 11.6 Å². The van der Waals surface area contributed by atoms with Crippen LogP contribution in [0.4, 0.5) is 5.69 Å². The van der Waals surface area contributed by atoms with E-state index < -0.39 is 11.7 Å². The molecule has 0 radical (unpaired) electrons. The Morgan fingerprint density at radius 1 is 1.20 bits per heavy atom. The molecule has 3 rings (SSSR count). The monoisotopic (exact) mass is 292 g/mol. The molecule has 2 aliphatic heterocycles. The summed E-state index contributed by atoms with van der Waals surface area (Å²) in [5, 5.41) is 0.247. The van der Waals surface area contributed by atoms with Crippen molar-refractivity contribution < 1.29 is 14.4 Å². The predicted molar refractivity (Wildman–Crippen MR) is 73.9 cm³/mol. The van der Waals surface area contributed by atoms with E-state index in [-0.39, 0.29) is 23.0 Å². The fraction of sp³-hybridized carbons (Fsp3) is 0.357.